The molecule has 2 N–H and O–H groups in total. The molecule has 1 saturated heterocycles. The van der Waals surface area contributed by atoms with Crippen LogP contribution in [0.4, 0.5) is 5.69 Å². The van der Waals surface area contributed by atoms with E-state index in [9.17, 15) is 14.4 Å². The van der Waals surface area contributed by atoms with Crippen LogP contribution in [0.15, 0.2) is 24.3 Å². The van der Waals surface area contributed by atoms with E-state index in [2.05, 4.69) is 10.6 Å². The van der Waals surface area contributed by atoms with Crippen LogP contribution >= 0.6 is 11.6 Å². The van der Waals surface area contributed by atoms with Crippen molar-refractivity contribution in [2.75, 3.05) is 24.5 Å². The summed E-state index contributed by atoms with van der Waals surface area (Å²) in [5, 5.41) is 6.01. The Morgan fingerprint density at radius 1 is 1.21 bits per heavy atom. The van der Waals surface area contributed by atoms with Gasteiger partial charge in [-0.05, 0) is 37.1 Å². The lowest BCUT2D eigenvalue weighted by Gasteiger charge is -2.16. The van der Waals surface area contributed by atoms with Gasteiger partial charge in [-0.25, -0.2) is 0 Å². The van der Waals surface area contributed by atoms with E-state index in [0.29, 0.717) is 24.5 Å². The SMILES string of the molecule is CCCNC(=O)CCNC(=O)C1CCN(c2ccc(Cl)cc2)C1=O. The molecule has 0 aliphatic carbocycles. The molecule has 0 radical (unpaired) electrons. The first-order chi connectivity index (χ1) is 11.5. The van der Waals surface area contributed by atoms with E-state index >= 15 is 0 Å². The summed E-state index contributed by atoms with van der Waals surface area (Å²) in [7, 11) is 0. The Hall–Kier alpha value is -2.08. The Bertz CT molecular complexity index is 604. The predicted octanol–water partition coefficient (Wildman–Crippen LogP) is 1.73. The van der Waals surface area contributed by atoms with Gasteiger partial charge in [0.05, 0.1) is 0 Å². The number of hydrogen-bond acceptors (Lipinski definition) is 3. The third-order valence-electron chi connectivity index (χ3n) is 3.88. The first kappa shape index (κ1) is 18.3. The Morgan fingerprint density at radius 2 is 1.92 bits per heavy atom. The molecule has 1 fully saturated rings. The van der Waals surface area contributed by atoms with Crippen molar-refractivity contribution in [1.29, 1.82) is 0 Å². The van der Waals surface area contributed by atoms with Crippen molar-refractivity contribution in [1.82, 2.24) is 10.6 Å². The Morgan fingerprint density at radius 3 is 2.58 bits per heavy atom. The van der Waals surface area contributed by atoms with Crippen LogP contribution in [0.5, 0.6) is 0 Å². The molecule has 1 atom stereocenters. The van der Waals surface area contributed by atoms with Gasteiger partial charge in [-0.1, -0.05) is 18.5 Å². The average molecular weight is 352 g/mol. The molecule has 0 spiro atoms. The first-order valence-corrected chi connectivity index (χ1v) is 8.52. The Labute approximate surface area is 146 Å². The predicted molar refractivity (Wildman–Crippen MR) is 92.8 cm³/mol. The molecule has 7 heteroatoms. The summed E-state index contributed by atoms with van der Waals surface area (Å²) in [6.07, 6.45) is 1.55. The van der Waals surface area contributed by atoms with Gasteiger partial charge in [0.2, 0.25) is 17.7 Å². The highest BCUT2D eigenvalue weighted by molar-refractivity contribution is 6.30. The molecule has 1 aliphatic heterocycles. The maximum absolute atomic E-state index is 12.4. The molecule has 1 aromatic rings. The van der Waals surface area contributed by atoms with E-state index in [0.717, 1.165) is 12.1 Å². The number of carbonyl (C=O) groups excluding carboxylic acids is 3. The van der Waals surface area contributed by atoms with Crippen molar-refractivity contribution in [3.05, 3.63) is 29.3 Å². The summed E-state index contributed by atoms with van der Waals surface area (Å²) in [5.41, 5.74) is 0.735. The van der Waals surface area contributed by atoms with Crippen LogP contribution < -0.4 is 15.5 Å². The van der Waals surface area contributed by atoms with Crippen molar-refractivity contribution >= 4 is 35.0 Å². The van der Waals surface area contributed by atoms with E-state index in [4.69, 9.17) is 11.6 Å². The fourth-order valence-electron chi connectivity index (χ4n) is 2.58. The lowest BCUT2D eigenvalue weighted by atomic mass is 10.1. The second-order valence-corrected chi connectivity index (χ2v) is 6.13. The van der Waals surface area contributed by atoms with Crippen LogP contribution in [0, 0.1) is 5.92 Å². The summed E-state index contributed by atoms with van der Waals surface area (Å²) >= 11 is 5.85. The van der Waals surface area contributed by atoms with Crippen LogP contribution in [0.1, 0.15) is 26.2 Å². The lowest BCUT2D eigenvalue weighted by Crippen LogP contribution is -2.38. The maximum Gasteiger partial charge on any atom is 0.239 e. The molecule has 130 valence electrons. The number of hydrogen-bond donors (Lipinski definition) is 2. The Kier molecular flexibility index (Phi) is 6.61. The van der Waals surface area contributed by atoms with Gasteiger partial charge in [-0.2, -0.15) is 0 Å². The second kappa shape index (κ2) is 8.68. The molecule has 1 aliphatic rings. The smallest absolute Gasteiger partial charge is 0.239 e. The van der Waals surface area contributed by atoms with Crippen molar-refractivity contribution in [2.45, 2.75) is 26.2 Å². The number of anilines is 1. The standard InChI is InChI=1S/C17H22ClN3O3/c1-2-9-19-15(22)7-10-20-16(23)14-8-11-21(17(14)24)13-5-3-12(18)4-6-13/h3-6,14H,2,7-11H2,1H3,(H,19,22)(H,20,23). The highest BCUT2D eigenvalue weighted by Crippen LogP contribution is 2.26. The van der Waals surface area contributed by atoms with E-state index in [1.165, 1.54) is 0 Å². The van der Waals surface area contributed by atoms with Crippen LogP contribution in [0.25, 0.3) is 0 Å². The molecule has 1 heterocycles. The van der Waals surface area contributed by atoms with E-state index in [1.54, 1.807) is 29.2 Å². The summed E-state index contributed by atoms with van der Waals surface area (Å²) in [4.78, 5) is 37.7. The summed E-state index contributed by atoms with van der Waals surface area (Å²) in [6.45, 7) is 3.33. The third kappa shape index (κ3) is 4.71. The summed E-state index contributed by atoms with van der Waals surface area (Å²) < 4.78 is 0. The Balaban J connectivity index is 1.82. The lowest BCUT2D eigenvalue weighted by molar-refractivity contribution is -0.132. The normalized spacial score (nSPS) is 17.0. The van der Waals surface area contributed by atoms with Gasteiger partial charge < -0.3 is 15.5 Å². The van der Waals surface area contributed by atoms with Crippen molar-refractivity contribution < 1.29 is 14.4 Å². The number of rotatable bonds is 7. The molecule has 3 amide bonds. The van der Waals surface area contributed by atoms with Gasteiger partial charge in [0.15, 0.2) is 0 Å². The zero-order chi connectivity index (χ0) is 17.5. The number of benzene rings is 1. The molecular weight excluding hydrogens is 330 g/mol. The molecule has 0 saturated carbocycles. The van der Waals surface area contributed by atoms with Gasteiger partial charge >= 0.3 is 0 Å². The molecular formula is C17H22ClN3O3. The topological polar surface area (TPSA) is 78.5 Å². The van der Waals surface area contributed by atoms with Crippen LogP contribution in [-0.4, -0.2) is 37.4 Å². The van der Waals surface area contributed by atoms with Gasteiger partial charge in [-0.3, -0.25) is 14.4 Å². The first-order valence-electron chi connectivity index (χ1n) is 8.14. The number of nitrogens with one attached hydrogen (secondary N) is 2. The molecule has 1 aromatic carbocycles. The van der Waals surface area contributed by atoms with E-state index in [-0.39, 0.29) is 30.7 Å². The van der Waals surface area contributed by atoms with Crippen molar-refractivity contribution in [3.63, 3.8) is 0 Å². The molecule has 6 nitrogen and oxygen atoms in total. The minimum Gasteiger partial charge on any atom is -0.356 e. The quantitative estimate of drug-likeness (QED) is 0.734. The highest BCUT2D eigenvalue weighted by Gasteiger charge is 2.37. The minimum atomic E-state index is -0.695. The van der Waals surface area contributed by atoms with Crippen molar-refractivity contribution in [2.24, 2.45) is 5.92 Å². The third-order valence-corrected chi connectivity index (χ3v) is 4.14. The zero-order valence-corrected chi connectivity index (χ0v) is 14.4. The number of carbonyl (C=O) groups is 3. The molecule has 0 aromatic heterocycles. The largest absolute Gasteiger partial charge is 0.356 e. The fourth-order valence-corrected chi connectivity index (χ4v) is 2.70. The number of halogens is 1. The van der Waals surface area contributed by atoms with Crippen LogP contribution in [0.3, 0.4) is 0 Å². The van der Waals surface area contributed by atoms with Gasteiger partial charge in [-0.15, -0.1) is 0 Å². The molecule has 24 heavy (non-hydrogen) atoms. The second-order valence-electron chi connectivity index (χ2n) is 5.70. The molecule has 0 bridgehead atoms. The van der Waals surface area contributed by atoms with Crippen molar-refractivity contribution in [3.8, 4) is 0 Å². The molecule has 2 rings (SSSR count). The number of amides is 3. The summed E-state index contributed by atoms with van der Waals surface area (Å²) in [5.74, 6) is -1.33. The molecule has 1 unspecified atom stereocenters. The number of nitrogens with zero attached hydrogens (tertiary/aromatic N) is 1. The minimum absolute atomic E-state index is 0.0994. The monoisotopic (exact) mass is 351 g/mol. The van der Waals surface area contributed by atoms with Gasteiger partial charge in [0.1, 0.15) is 5.92 Å². The average Bonchev–Trinajstić information content (AvgIpc) is 2.95. The maximum atomic E-state index is 12.4. The zero-order valence-electron chi connectivity index (χ0n) is 13.7. The summed E-state index contributed by atoms with van der Waals surface area (Å²) in [6, 6.07) is 6.95. The highest BCUT2D eigenvalue weighted by atomic mass is 35.5. The van der Waals surface area contributed by atoms with Gasteiger partial charge in [0, 0.05) is 36.8 Å². The van der Waals surface area contributed by atoms with Gasteiger partial charge in [0.25, 0.3) is 0 Å². The van der Waals surface area contributed by atoms with E-state index < -0.39 is 5.92 Å². The van der Waals surface area contributed by atoms with E-state index in [1.807, 2.05) is 6.92 Å². The van der Waals surface area contributed by atoms with Crippen LogP contribution in [-0.2, 0) is 14.4 Å². The van der Waals surface area contributed by atoms with Crippen LogP contribution in [0.2, 0.25) is 5.02 Å². The fraction of sp³-hybridized carbons (Fsp3) is 0.471.